The van der Waals surface area contributed by atoms with Gasteiger partial charge in [-0.25, -0.2) is 0 Å². The molecule has 0 radical (unpaired) electrons. The van der Waals surface area contributed by atoms with E-state index in [0.29, 0.717) is 36.1 Å². The average Bonchev–Trinajstić information content (AvgIpc) is 3.04. The molecule has 0 saturated carbocycles. The highest BCUT2D eigenvalue weighted by molar-refractivity contribution is 5.46. The summed E-state index contributed by atoms with van der Waals surface area (Å²) in [6.07, 6.45) is 0. The van der Waals surface area contributed by atoms with E-state index in [0.717, 1.165) is 5.75 Å². The monoisotopic (exact) mass is 248 g/mol. The molecule has 0 aliphatic carbocycles. The first-order valence-corrected chi connectivity index (χ1v) is 5.52. The highest BCUT2D eigenvalue weighted by Gasteiger charge is 2.14. The van der Waals surface area contributed by atoms with Crippen molar-refractivity contribution < 1.29 is 18.7 Å². The van der Waals surface area contributed by atoms with Gasteiger partial charge in [0, 0.05) is 18.7 Å². The van der Waals surface area contributed by atoms with E-state index < -0.39 is 0 Å². The van der Waals surface area contributed by atoms with Crippen molar-refractivity contribution in [2.45, 2.75) is 13.2 Å². The van der Waals surface area contributed by atoms with Crippen LogP contribution in [0.15, 0.2) is 28.8 Å². The second kappa shape index (κ2) is 4.58. The van der Waals surface area contributed by atoms with E-state index in [1.165, 1.54) is 0 Å². The zero-order valence-corrected chi connectivity index (χ0v) is 9.59. The molecule has 2 aromatic rings. The summed E-state index contributed by atoms with van der Waals surface area (Å²) in [5.74, 6) is 2.73. The van der Waals surface area contributed by atoms with Gasteiger partial charge in [0.1, 0.15) is 12.4 Å². The molecule has 0 atom stereocenters. The van der Waals surface area contributed by atoms with Crippen LogP contribution in [0.4, 0.5) is 0 Å². The SMILES string of the molecule is NCc1cc(COc2ccc3c(c2)OCO3)on1. The zero-order valence-electron chi connectivity index (χ0n) is 9.59. The second-order valence-corrected chi connectivity index (χ2v) is 3.79. The van der Waals surface area contributed by atoms with E-state index >= 15 is 0 Å². The lowest BCUT2D eigenvalue weighted by Gasteiger charge is -2.04. The summed E-state index contributed by atoms with van der Waals surface area (Å²) >= 11 is 0. The van der Waals surface area contributed by atoms with Gasteiger partial charge < -0.3 is 24.5 Å². The minimum Gasteiger partial charge on any atom is -0.485 e. The van der Waals surface area contributed by atoms with Crippen LogP contribution >= 0.6 is 0 Å². The summed E-state index contributed by atoms with van der Waals surface area (Å²) in [5, 5.41) is 3.78. The maximum atomic E-state index is 5.57. The molecule has 0 unspecified atom stereocenters. The number of aromatic nitrogens is 1. The maximum Gasteiger partial charge on any atom is 0.231 e. The molecule has 1 aliphatic rings. The van der Waals surface area contributed by atoms with Crippen LogP contribution in [0.25, 0.3) is 0 Å². The highest BCUT2D eigenvalue weighted by atomic mass is 16.7. The van der Waals surface area contributed by atoms with E-state index in [-0.39, 0.29) is 6.79 Å². The van der Waals surface area contributed by atoms with Gasteiger partial charge in [-0.1, -0.05) is 5.16 Å². The van der Waals surface area contributed by atoms with Gasteiger partial charge in [0.2, 0.25) is 6.79 Å². The van der Waals surface area contributed by atoms with Crippen LogP contribution in [-0.2, 0) is 13.2 Å². The first-order chi connectivity index (χ1) is 8.85. The smallest absolute Gasteiger partial charge is 0.231 e. The molecule has 1 aromatic carbocycles. The molecule has 0 saturated heterocycles. The van der Waals surface area contributed by atoms with Crippen molar-refractivity contribution in [2.24, 2.45) is 5.73 Å². The Morgan fingerprint density at radius 3 is 2.94 bits per heavy atom. The Kier molecular flexibility index (Phi) is 2.77. The van der Waals surface area contributed by atoms with Crippen LogP contribution in [0.5, 0.6) is 17.2 Å². The summed E-state index contributed by atoms with van der Waals surface area (Å²) in [5.41, 5.74) is 6.15. The van der Waals surface area contributed by atoms with Gasteiger partial charge in [0.05, 0.1) is 5.69 Å². The first kappa shape index (κ1) is 10.9. The van der Waals surface area contributed by atoms with E-state index in [9.17, 15) is 0 Å². The number of nitrogens with zero attached hydrogens (tertiary/aromatic N) is 1. The number of nitrogens with two attached hydrogens (primary N) is 1. The quantitative estimate of drug-likeness (QED) is 0.881. The van der Waals surface area contributed by atoms with Crippen molar-refractivity contribution in [1.82, 2.24) is 5.16 Å². The molecule has 6 heteroatoms. The Morgan fingerprint density at radius 1 is 1.22 bits per heavy atom. The maximum absolute atomic E-state index is 5.57. The third kappa shape index (κ3) is 2.10. The molecule has 2 N–H and O–H groups in total. The van der Waals surface area contributed by atoms with Crippen LogP contribution in [-0.4, -0.2) is 11.9 Å². The second-order valence-electron chi connectivity index (χ2n) is 3.79. The van der Waals surface area contributed by atoms with Gasteiger partial charge in [-0.05, 0) is 12.1 Å². The summed E-state index contributed by atoms with van der Waals surface area (Å²) in [4.78, 5) is 0. The van der Waals surface area contributed by atoms with Crippen molar-refractivity contribution in [3.05, 3.63) is 35.7 Å². The topological polar surface area (TPSA) is 79.7 Å². The highest BCUT2D eigenvalue weighted by Crippen LogP contribution is 2.35. The van der Waals surface area contributed by atoms with E-state index in [1.807, 2.05) is 12.1 Å². The Labute approximate surface area is 103 Å². The van der Waals surface area contributed by atoms with Crippen LogP contribution in [0.1, 0.15) is 11.5 Å². The van der Waals surface area contributed by atoms with Crippen molar-refractivity contribution >= 4 is 0 Å². The lowest BCUT2D eigenvalue weighted by Crippen LogP contribution is -1.96. The van der Waals surface area contributed by atoms with Gasteiger partial charge in [-0.3, -0.25) is 0 Å². The molecule has 1 aromatic heterocycles. The molecular weight excluding hydrogens is 236 g/mol. The third-order valence-corrected chi connectivity index (χ3v) is 2.54. The van der Waals surface area contributed by atoms with Gasteiger partial charge in [0.25, 0.3) is 0 Å². The van der Waals surface area contributed by atoms with Gasteiger partial charge in [0.15, 0.2) is 17.3 Å². The van der Waals surface area contributed by atoms with Gasteiger partial charge in [-0.15, -0.1) is 0 Å². The van der Waals surface area contributed by atoms with Crippen molar-refractivity contribution in [1.29, 1.82) is 0 Å². The van der Waals surface area contributed by atoms with Gasteiger partial charge >= 0.3 is 0 Å². The average molecular weight is 248 g/mol. The molecule has 0 bridgehead atoms. The van der Waals surface area contributed by atoms with Crippen LogP contribution in [0.2, 0.25) is 0 Å². The molecule has 0 spiro atoms. The largest absolute Gasteiger partial charge is 0.485 e. The molecule has 94 valence electrons. The van der Waals surface area contributed by atoms with Gasteiger partial charge in [-0.2, -0.15) is 0 Å². The molecule has 1 aliphatic heterocycles. The normalized spacial score (nSPS) is 12.7. The standard InChI is InChI=1S/C12H12N2O4/c13-5-8-3-10(18-14-8)6-15-9-1-2-11-12(4-9)17-7-16-11/h1-4H,5-7,13H2. The van der Waals surface area contributed by atoms with E-state index in [4.69, 9.17) is 24.5 Å². The molecule has 18 heavy (non-hydrogen) atoms. The number of hydrogen-bond donors (Lipinski definition) is 1. The van der Waals surface area contributed by atoms with Crippen molar-refractivity contribution in [2.75, 3.05) is 6.79 Å². The molecule has 6 nitrogen and oxygen atoms in total. The molecule has 0 amide bonds. The summed E-state index contributed by atoms with van der Waals surface area (Å²) in [6.45, 7) is 0.904. The molecule has 0 fully saturated rings. The number of hydrogen-bond acceptors (Lipinski definition) is 6. The molecule has 2 heterocycles. The number of benzene rings is 1. The zero-order chi connectivity index (χ0) is 12.4. The summed E-state index contributed by atoms with van der Waals surface area (Å²) < 4.78 is 21.1. The first-order valence-electron chi connectivity index (χ1n) is 5.52. The van der Waals surface area contributed by atoms with Crippen molar-refractivity contribution in [3.8, 4) is 17.2 Å². The van der Waals surface area contributed by atoms with Crippen molar-refractivity contribution in [3.63, 3.8) is 0 Å². The summed E-state index contributed by atoms with van der Waals surface area (Å²) in [7, 11) is 0. The number of rotatable bonds is 4. The Hall–Kier alpha value is -2.21. The Bertz CT molecular complexity index is 553. The summed E-state index contributed by atoms with van der Waals surface area (Å²) in [6, 6.07) is 7.17. The minimum atomic E-state index is 0.251. The number of fused-ring (bicyclic) bond motifs is 1. The third-order valence-electron chi connectivity index (χ3n) is 2.54. The predicted octanol–water partition coefficient (Wildman–Crippen LogP) is 1.44. The lowest BCUT2D eigenvalue weighted by molar-refractivity contribution is 0.173. The number of ether oxygens (including phenoxy) is 3. The van der Waals surface area contributed by atoms with Crippen LogP contribution in [0.3, 0.4) is 0 Å². The minimum absolute atomic E-state index is 0.251. The fraction of sp³-hybridized carbons (Fsp3) is 0.250. The Morgan fingerprint density at radius 2 is 2.11 bits per heavy atom. The van der Waals surface area contributed by atoms with Crippen LogP contribution < -0.4 is 19.9 Å². The fourth-order valence-electron chi connectivity index (χ4n) is 1.64. The van der Waals surface area contributed by atoms with E-state index in [2.05, 4.69) is 5.16 Å². The van der Waals surface area contributed by atoms with Crippen LogP contribution in [0, 0.1) is 0 Å². The molecule has 3 rings (SSSR count). The lowest BCUT2D eigenvalue weighted by atomic mass is 10.3. The molecular formula is C12H12N2O4. The predicted molar refractivity (Wildman–Crippen MR) is 61.3 cm³/mol. The van der Waals surface area contributed by atoms with E-state index in [1.54, 1.807) is 12.1 Å². The fourth-order valence-corrected chi connectivity index (χ4v) is 1.64. The Balaban J connectivity index is 1.66.